The molecular formula is C14H22ClNO3S. The molecule has 1 rings (SSSR count). The van der Waals surface area contributed by atoms with Gasteiger partial charge in [-0.1, -0.05) is 19.8 Å². The third kappa shape index (κ3) is 7.10. The topological polar surface area (TPSA) is 56.3 Å². The van der Waals surface area contributed by atoms with Crippen LogP contribution in [0.15, 0.2) is 12.1 Å². The molecule has 0 saturated heterocycles. The molecular weight excluding hydrogens is 298 g/mol. The molecule has 0 aliphatic rings. The van der Waals surface area contributed by atoms with E-state index in [1.807, 2.05) is 19.1 Å². The summed E-state index contributed by atoms with van der Waals surface area (Å²) >= 11 is 0. The van der Waals surface area contributed by atoms with E-state index in [1.165, 1.54) is 0 Å². The molecule has 0 atom stereocenters. The molecule has 0 aromatic carbocycles. The molecule has 0 aliphatic carbocycles. The Kier molecular flexibility index (Phi) is 7.30. The van der Waals surface area contributed by atoms with Crippen molar-refractivity contribution in [2.24, 2.45) is 0 Å². The van der Waals surface area contributed by atoms with Crippen molar-refractivity contribution in [1.82, 2.24) is 4.98 Å². The fourth-order valence-electron chi connectivity index (χ4n) is 1.89. The molecule has 114 valence electrons. The van der Waals surface area contributed by atoms with Crippen LogP contribution in [0.5, 0.6) is 5.75 Å². The lowest BCUT2D eigenvalue weighted by atomic mass is 10.2. The number of rotatable bonds is 9. The number of hydrogen-bond donors (Lipinski definition) is 0. The van der Waals surface area contributed by atoms with Crippen molar-refractivity contribution >= 4 is 19.7 Å². The van der Waals surface area contributed by atoms with E-state index in [0.29, 0.717) is 13.0 Å². The van der Waals surface area contributed by atoms with Crippen LogP contribution >= 0.6 is 10.7 Å². The minimum atomic E-state index is -3.34. The van der Waals surface area contributed by atoms with E-state index >= 15 is 0 Å². The van der Waals surface area contributed by atoms with Gasteiger partial charge in [0.1, 0.15) is 5.75 Å². The summed E-state index contributed by atoms with van der Waals surface area (Å²) in [5.74, 6) is 0.901. The van der Waals surface area contributed by atoms with E-state index in [0.717, 1.165) is 42.8 Å². The first-order chi connectivity index (χ1) is 9.42. The Bertz CT molecular complexity index is 517. The van der Waals surface area contributed by atoms with Gasteiger partial charge in [0.05, 0.1) is 18.1 Å². The maximum Gasteiger partial charge on any atom is 0.232 e. The number of nitrogens with zero attached hydrogens (tertiary/aromatic N) is 1. The van der Waals surface area contributed by atoms with Crippen molar-refractivity contribution in [3.63, 3.8) is 0 Å². The zero-order valence-corrected chi connectivity index (χ0v) is 13.6. The summed E-state index contributed by atoms with van der Waals surface area (Å²) in [5.41, 5.74) is 1.98. The summed E-state index contributed by atoms with van der Waals surface area (Å²) in [6.07, 6.45) is 4.15. The van der Waals surface area contributed by atoms with Gasteiger partial charge in [0.2, 0.25) is 9.05 Å². The van der Waals surface area contributed by atoms with E-state index in [9.17, 15) is 8.42 Å². The first-order valence-electron chi connectivity index (χ1n) is 6.94. The summed E-state index contributed by atoms with van der Waals surface area (Å²) in [6.45, 7) is 4.65. The largest absolute Gasteiger partial charge is 0.492 e. The zero-order chi connectivity index (χ0) is 15.0. The molecule has 0 amide bonds. The summed E-state index contributed by atoms with van der Waals surface area (Å²) in [7, 11) is 1.80. The van der Waals surface area contributed by atoms with Crippen LogP contribution < -0.4 is 4.74 Å². The quantitative estimate of drug-likeness (QED) is 0.516. The summed E-state index contributed by atoms with van der Waals surface area (Å²) in [6, 6.07) is 3.90. The Morgan fingerprint density at radius 3 is 2.55 bits per heavy atom. The fraction of sp³-hybridized carbons (Fsp3) is 0.643. The van der Waals surface area contributed by atoms with Crippen molar-refractivity contribution < 1.29 is 13.2 Å². The zero-order valence-electron chi connectivity index (χ0n) is 12.1. The van der Waals surface area contributed by atoms with Gasteiger partial charge >= 0.3 is 0 Å². The first-order valence-corrected chi connectivity index (χ1v) is 9.42. The van der Waals surface area contributed by atoms with Crippen LogP contribution in [0.4, 0.5) is 0 Å². The lowest BCUT2D eigenvalue weighted by Gasteiger charge is -2.10. The minimum Gasteiger partial charge on any atom is -0.492 e. The molecule has 0 fully saturated rings. The standard InChI is InChI=1S/C14H22ClNO3S/c1-3-13-14(9-8-12(2)16-13)19-10-6-4-5-7-11-20(15,17)18/h8-9H,3-7,10-11H2,1-2H3. The number of aryl methyl sites for hydroxylation is 2. The highest BCUT2D eigenvalue weighted by Crippen LogP contribution is 2.18. The van der Waals surface area contributed by atoms with Gasteiger partial charge < -0.3 is 4.74 Å². The van der Waals surface area contributed by atoms with Gasteiger partial charge in [-0.05, 0) is 38.3 Å². The van der Waals surface area contributed by atoms with Crippen LogP contribution in [-0.4, -0.2) is 25.8 Å². The van der Waals surface area contributed by atoms with E-state index in [4.69, 9.17) is 15.4 Å². The van der Waals surface area contributed by atoms with Crippen LogP contribution in [0.3, 0.4) is 0 Å². The summed E-state index contributed by atoms with van der Waals surface area (Å²) in [5, 5.41) is 0. The highest BCUT2D eigenvalue weighted by Gasteiger charge is 2.05. The van der Waals surface area contributed by atoms with Crippen LogP contribution in [0.1, 0.15) is 44.0 Å². The Morgan fingerprint density at radius 1 is 1.20 bits per heavy atom. The first kappa shape index (κ1) is 17.2. The predicted molar refractivity (Wildman–Crippen MR) is 82.0 cm³/mol. The number of halogens is 1. The van der Waals surface area contributed by atoms with E-state index in [1.54, 1.807) is 0 Å². The normalized spacial score (nSPS) is 11.6. The molecule has 0 spiro atoms. The minimum absolute atomic E-state index is 0.0529. The number of unbranched alkanes of at least 4 members (excludes halogenated alkanes) is 3. The predicted octanol–water partition coefficient (Wildman–Crippen LogP) is 3.46. The van der Waals surface area contributed by atoms with Crippen molar-refractivity contribution in [2.45, 2.75) is 46.0 Å². The van der Waals surface area contributed by atoms with Crippen molar-refractivity contribution in [3.05, 3.63) is 23.5 Å². The second-order valence-corrected chi connectivity index (χ2v) is 7.65. The highest BCUT2D eigenvalue weighted by atomic mass is 35.7. The molecule has 0 unspecified atom stereocenters. The number of aromatic nitrogens is 1. The van der Waals surface area contributed by atoms with Crippen molar-refractivity contribution in [3.8, 4) is 5.75 Å². The SMILES string of the molecule is CCc1nc(C)ccc1OCCCCCCS(=O)(=O)Cl. The van der Waals surface area contributed by atoms with Crippen LogP contribution in [0.25, 0.3) is 0 Å². The van der Waals surface area contributed by atoms with Gasteiger partial charge in [-0.2, -0.15) is 0 Å². The van der Waals surface area contributed by atoms with E-state index < -0.39 is 9.05 Å². The van der Waals surface area contributed by atoms with Gasteiger partial charge in [-0.3, -0.25) is 4.98 Å². The second-order valence-electron chi connectivity index (χ2n) is 4.76. The summed E-state index contributed by atoms with van der Waals surface area (Å²) < 4.78 is 27.2. The monoisotopic (exact) mass is 319 g/mol. The highest BCUT2D eigenvalue weighted by molar-refractivity contribution is 8.13. The fourth-order valence-corrected chi connectivity index (χ4v) is 2.77. The Morgan fingerprint density at radius 2 is 1.90 bits per heavy atom. The Balaban J connectivity index is 2.21. The third-order valence-corrected chi connectivity index (χ3v) is 4.19. The number of ether oxygens (including phenoxy) is 1. The van der Waals surface area contributed by atoms with Gasteiger partial charge in [0, 0.05) is 16.4 Å². The lowest BCUT2D eigenvalue weighted by molar-refractivity contribution is 0.300. The van der Waals surface area contributed by atoms with Gasteiger partial charge in [-0.25, -0.2) is 8.42 Å². The molecule has 0 bridgehead atoms. The van der Waals surface area contributed by atoms with Gasteiger partial charge in [-0.15, -0.1) is 0 Å². The third-order valence-electron chi connectivity index (χ3n) is 2.95. The molecule has 1 aromatic heterocycles. The van der Waals surface area contributed by atoms with Gasteiger partial charge in [0.15, 0.2) is 0 Å². The van der Waals surface area contributed by atoms with Crippen LogP contribution in [0.2, 0.25) is 0 Å². The Labute approximate surface area is 125 Å². The smallest absolute Gasteiger partial charge is 0.232 e. The molecule has 6 heteroatoms. The van der Waals surface area contributed by atoms with Crippen LogP contribution in [-0.2, 0) is 15.5 Å². The molecule has 20 heavy (non-hydrogen) atoms. The maximum atomic E-state index is 10.7. The van der Waals surface area contributed by atoms with Crippen molar-refractivity contribution in [2.75, 3.05) is 12.4 Å². The molecule has 0 radical (unpaired) electrons. The van der Waals surface area contributed by atoms with Crippen LogP contribution in [0, 0.1) is 6.92 Å². The molecule has 1 aromatic rings. The average molecular weight is 320 g/mol. The van der Waals surface area contributed by atoms with Gasteiger partial charge in [0.25, 0.3) is 0 Å². The molecule has 0 saturated carbocycles. The molecule has 0 N–H and O–H groups in total. The van der Waals surface area contributed by atoms with Crippen molar-refractivity contribution in [1.29, 1.82) is 0 Å². The molecule has 0 aliphatic heterocycles. The van der Waals surface area contributed by atoms with E-state index in [2.05, 4.69) is 11.9 Å². The number of pyridine rings is 1. The Hall–Kier alpha value is -0.810. The number of hydrogen-bond acceptors (Lipinski definition) is 4. The van der Waals surface area contributed by atoms with E-state index in [-0.39, 0.29) is 5.75 Å². The summed E-state index contributed by atoms with van der Waals surface area (Å²) in [4.78, 5) is 4.44. The molecule has 1 heterocycles. The molecule has 4 nitrogen and oxygen atoms in total. The average Bonchev–Trinajstić information content (AvgIpc) is 2.37. The maximum absolute atomic E-state index is 10.7. The second kappa shape index (κ2) is 8.47. The lowest BCUT2D eigenvalue weighted by Crippen LogP contribution is -2.03.